The third-order valence-electron chi connectivity index (χ3n) is 10.1. The Labute approximate surface area is 276 Å². The Morgan fingerprint density at radius 3 is 2.83 bits per heavy atom. The molecule has 0 saturated carbocycles. The van der Waals surface area contributed by atoms with Gasteiger partial charge in [0.2, 0.25) is 5.91 Å². The zero-order valence-corrected chi connectivity index (χ0v) is 27.5. The van der Waals surface area contributed by atoms with Gasteiger partial charge in [0.1, 0.15) is 24.1 Å². The molecule has 3 saturated heterocycles. The monoisotopic (exact) mass is 650 g/mol. The molecule has 13 nitrogen and oxygen atoms in total. The van der Waals surface area contributed by atoms with Crippen molar-refractivity contribution in [3.8, 4) is 11.6 Å². The topological polar surface area (TPSA) is 179 Å². The van der Waals surface area contributed by atoms with Crippen LogP contribution in [0.4, 0.5) is 0 Å². The van der Waals surface area contributed by atoms with Crippen LogP contribution in [0.3, 0.4) is 0 Å². The third kappa shape index (κ3) is 7.47. The summed E-state index contributed by atoms with van der Waals surface area (Å²) in [5.41, 5.74) is 14.3. The first-order valence-corrected chi connectivity index (χ1v) is 16.9. The normalized spacial score (nSPS) is 26.6. The van der Waals surface area contributed by atoms with Crippen molar-refractivity contribution in [3.63, 3.8) is 0 Å². The first-order chi connectivity index (χ1) is 22.6. The van der Waals surface area contributed by atoms with Gasteiger partial charge in [-0.3, -0.25) is 14.6 Å². The Hall–Kier alpha value is -3.94. The van der Waals surface area contributed by atoms with Crippen LogP contribution in [-0.2, 0) is 4.79 Å². The molecule has 3 fully saturated rings. The highest BCUT2D eigenvalue weighted by molar-refractivity contribution is 5.83. The molecule has 1 spiro atoms. The number of aromatic nitrogens is 1. The van der Waals surface area contributed by atoms with Crippen LogP contribution >= 0.6 is 0 Å². The van der Waals surface area contributed by atoms with Gasteiger partial charge in [0, 0.05) is 62.6 Å². The predicted octanol–water partition coefficient (Wildman–Crippen LogP) is 1.32. The minimum atomic E-state index is -0.462. The van der Waals surface area contributed by atoms with Crippen molar-refractivity contribution in [2.24, 2.45) is 17.4 Å². The summed E-state index contributed by atoms with van der Waals surface area (Å²) in [6, 6.07) is 9.21. The molecule has 4 aliphatic heterocycles. The van der Waals surface area contributed by atoms with Gasteiger partial charge in [-0.25, -0.2) is 0 Å². The Bertz CT molecular complexity index is 1480. The zero-order valence-electron chi connectivity index (χ0n) is 27.5. The number of rotatable bonds is 10. The molecule has 4 atom stereocenters. The number of nitrogens with one attached hydrogen (secondary N) is 2. The first kappa shape index (κ1) is 33.0. The highest BCUT2D eigenvalue weighted by atomic mass is 16.5. The highest BCUT2D eigenvalue weighted by Crippen LogP contribution is 2.32. The van der Waals surface area contributed by atoms with E-state index in [1.54, 1.807) is 29.2 Å². The number of nitrogens with zero attached hydrogens (tertiary/aromatic N) is 4. The molecule has 1 amide bonds. The second kappa shape index (κ2) is 14.0. The van der Waals surface area contributed by atoms with Gasteiger partial charge in [0.15, 0.2) is 5.76 Å². The van der Waals surface area contributed by atoms with Crippen LogP contribution < -0.4 is 26.8 Å². The van der Waals surface area contributed by atoms with Crippen molar-refractivity contribution < 1.29 is 24.3 Å². The number of benzene rings is 1. The minimum absolute atomic E-state index is 0.0226. The van der Waals surface area contributed by atoms with E-state index < -0.39 is 12.0 Å². The SMILES string of the molecule is CC(C)[C@@H](C(=O)N1CCC(O)C1)c1cc(OCCN2CCC(N3CCCC4(CNC(N)=C(/C=C(\N)c5ccccc5O)N4)C3)C2)no1. The van der Waals surface area contributed by atoms with E-state index in [-0.39, 0.29) is 23.1 Å². The number of β-amino-alcohol motifs (C(OH)–C–C–N with tert-alkyl or cyclic N) is 1. The Morgan fingerprint density at radius 2 is 2.06 bits per heavy atom. The van der Waals surface area contributed by atoms with Gasteiger partial charge in [0.25, 0.3) is 5.88 Å². The summed E-state index contributed by atoms with van der Waals surface area (Å²) in [6.45, 7) is 10.8. The summed E-state index contributed by atoms with van der Waals surface area (Å²) in [7, 11) is 0. The Kier molecular flexibility index (Phi) is 9.85. The van der Waals surface area contributed by atoms with Gasteiger partial charge in [-0.15, -0.1) is 0 Å². The lowest BCUT2D eigenvalue weighted by atomic mass is 9.86. The summed E-state index contributed by atoms with van der Waals surface area (Å²) < 4.78 is 11.6. The van der Waals surface area contributed by atoms with Crippen molar-refractivity contribution in [3.05, 3.63) is 59.2 Å². The number of amides is 1. The van der Waals surface area contributed by atoms with E-state index >= 15 is 0 Å². The van der Waals surface area contributed by atoms with Gasteiger partial charge in [0.05, 0.1) is 17.3 Å². The first-order valence-electron chi connectivity index (χ1n) is 16.9. The van der Waals surface area contributed by atoms with E-state index in [1.807, 2.05) is 26.0 Å². The number of carbonyl (C=O) groups is 1. The quantitative estimate of drug-likeness (QED) is 0.218. The molecule has 13 heteroatoms. The molecular formula is C34H50N8O5. The highest BCUT2D eigenvalue weighted by Gasteiger charge is 2.41. The molecule has 5 heterocycles. The summed E-state index contributed by atoms with van der Waals surface area (Å²) in [6.07, 6.45) is 5.14. The molecule has 2 aromatic rings. The Balaban J connectivity index is 0.998. The summed E-state index contributed by atoms with van der Waals surface area (Å²) in [5, 5.41) is 31.4. The molecule has 0 bridgehead atoms. The van der Waals surface area contributed by atoms with Gasteiger partial charge >= 0.3 is 0 Å². The number of aromatic hydroxyl groups is 1. The standard InChI is InChI=1S/C34H50N8O5/c1-22(2)31(33(45)41-13-9-24(43)19-41)29-17-30(39-47-29)46-15-14-40-12-8-23(18-40)42-11-5-10-34(21-42)20-37-32(36)27(38-34)16-26(35)25-6-3-4-7-28(25)44/h3-4,6-7,16-17,22-24,31,37-38,43-44H,5,8-15,18-21,35-36H2,1-2H3/b26-16-/t23?,24?,31-,34?/m1/s1. The predicted molar refractivity (Wildman–Crippen MR) is 178 cm³/mol. The number of nitrogens with two attached hydrogens (primary N) is 2. The average molecular weight is 651 g/mol. The lowest BCUT2D eigenvalue weighted by molar-refractivity contribution is -0.133. The number of carbonyl (C=O) groups excluding carboxylic acids is 1. The molecule has 0 aliphatic carbocycles. The lowest BCUT2D eigenvalue weighted by Gasteiger charge is -2.48. The molecular weight excluding hydrogens is 600 g/mol. The number of aliphatic hydroxyl groups is 1. The van der Waals surface area contributed by atoms with Crippen molar-refractivity contribution >= 4 is 11.6 Å². The average Bonchev–Trinajstić information content (AvgIpc) is 3.81. The van der Waals surface area contributed by atoms with Crippen LogP contribution in [0.15, 0.2) is 52.4 Å². The fourth-order valence-electron chi connectivity index (χ4n) is 7.50. The van der Waals surface area contributed by atoms with Crippen molar-refractivity contribution in [1.82, 2.24) is 30.5 Å². The van der Waals surface area contributed by atoms with Crippen molar-refractivity contribution in [1.29, 1.82) is 0 Å². The van der Waals surface area contributed by atoms with Gasteiger partial charge in [-0.05, 0) is 68.1 Å². The van der Waals surface area contributed by atoms with Crippen molar-refractivity contribution in [2.45, 2.75) is 63.1 Å². The third-order valence-corrected chi connectivity index (χ3v) is 10.1. The van der Waals surface area contributed by atoms with E-state index in [9.17, 15) is 15.0 Å². The smallest absolute Gasteiger partial charge is 0.254 e. The number of aliphatic hydroxyl groups excluding tert-OH is 1. The van der Waals surface area contributed by atoms with Gasteiger partial charge in [-0.1, -0.05) is 26.0 Å². The summed E-state index contributed by atoms with van der Waals surface area (Å²) >= 11 is 0. The second-order valence-electron chi connectivity index (χ2n) is 13.9. The van der Waals surface area contributed by atoms with Crippen molar-refractivity contribution in [2.75, 3.05) is 59.0 Å². The van der Waals surface area contributed by atoms with Gasteiger partial charge in [-0.2, -0.15) is 0 Å². The van der Waals surface area contributed by atoms with Crippen LogP contribution in [0, 0.1) is 5.92 Å². The molecule has 4 aliphatic rings. The number of hydrogen-bond donors (Lipinski definition) is 6. The maximum atomic E-state index is 13.2. The molecule has 256 valence electrons. The van der Waals surface area contributed by atoms with E-state index in [0.29, 0.717) is 60.9 Å². The number of phenolic OH excluding ortho intramolecular Hbond substituents is 1. The largest absolute Gasteiger partial charge is 0.507 e. The van der Waals surface area contributed by atoms with E-state index in [2.05, 4.69) is 25.6 Å². The molecule has 3 unspecified atom stereocenters. The minimum Gasteiger partial charge on any atom is -0.507 e. The summed E-state index contributed by atoms with van der Waals surface area (Å²) in [4.78, 5) is 19.9. The van der Waals surface area contributed by atoms with Crippen LogP contribution in [0.2, 0.25) is 0 Å². The zero-order chi connectivity index (χ0) is 33.1. The number of piperidine rings is 1. The van der Waals surface area contributed by atoms with E-state index in [4.69, 9.17) is 20.7 Å². The molecule has 1 aromatic heterocycles. The number of ether oxygens (including phenoxy) is 1. The molecule has 8 N–H and O–H groups in total. The number of para-hydroxylation sites is 1. The fraction of sp³-hybridized carbons (Fsp3) is 0.588. The number of hydrogen-bond acceptors (Lipinski definition) is 12. The maximum absolute atomic E-state index is 13.2. The maximum Gasteiger partial charge on any atom is 0.254 e. The van der Waals surface area contributed by atoms with Crippen LogP contribution in [0.25, 0.3) is 5.70 Å². The van der Waals surface area contributed by atoms with Crippen LogP contribution in [-0.4, -0.2) is 113 Å². The summed E-state index contributed by atoms with van der Waals surface area (Å²) in [5.74, 6) is 1.11. The van der Waals surface area contributed by atoms with Crippen LogP contribution in [0.1, 0.15) is 56.8 Å². The molecule has 1 aromatic carbocycles. The number of phenols is 1. The number of likely N-dealkylation sites (tertiary alicyclic amines) is 3. The van der Waals surface area contributed by atoms with E-state index in [0.717, 1.165) is 64.2 Å². The Morgan fingerprint density at radius 1 is 1.23 bits per heavy atom. The molecule has 47 heavy (non-hydrogen) atoms. The van der Waals surface area contributed by atoms with Gasteiger partial charge < -0.3 is 46.5 Å². The second-order valence-corrected chi connectivity index (χ2v) is 13.9. The fourth-order valence-corrected chi connectivity index (χ4v) is 7.50. The molecule has 0 radical (unpaired) electrons. The molecule has 6 rings (SSSR count). The van der Waals surface area contributed by atoms with Crippen LogP contribution in [0.5, 0.6) is 11.6 Å². The lowest BCUT2D eigenvalue weighted by Crippen LogP contribution is -2.65. The van der Waals surface area contributed by atoms with E-state index in [1.165, 1.54) is 0 Å². The number of allylic oxidation sites excluding steroid dienone is 1.